The number of hydrogen-bond donors (Lipinski definition) is 2. The molecule has 1 heterocycles. The molecule has 0 fully saturated rings. The van der Waals surface area contributed by atoms with Crippen molar-refractivity contribution in [2.24, 2.45) is 0 Å². The lowest BCUT2D eigenvalue weighted by atomic mass is 10.1. The Labute approximate surface area is 184 Å². The Hall–Kier alpha value is -3.95. The predicted molar refractivity (Wildman–Crippen MR) is 114 cm³/mol. The Morgan fingerprint density at radius 2 is 1.45 bits per heavy atom. The Morgan fingerprint density at radius 3 is 2.15 bits per heavy atom. The molecule has 0 aliphatic carbocycles. The summed E-state index contributed by atoms with van der Waals surface area (Å²) in [6.07, 6.45) is 0. The molecule has 0 spiro atoms. The van der Waals surface area contributed by atoms with Crippen LogP contribution < -0.4 is 10.6 Å². The van der Waals surface area contributed by atoms with Gasteiger partial charge in [-0.2, -0.15) is 5.10 Å². The highest BCUT2D eigenvalue weighted by atomic mass is 19.2. The van der Waals surface area contributed by atoms with Crippen LogP contribution in [0.4, 0.5) is 38.1 Å². The molecule has 10 heteroatoms. The van der Waals surface area contributed by atoms with E-state index in [1.807, 2.05) is 30.3 Å². The molecule has 2 amide bonds. The Bertz CT molecular complexity index is 1370. The van der Waals surface area contributed by atoms with Gasteiger partial charge in [-0.25, -0.2) is 26.7 Å². The summed E-state index contributed by atoms with van der Waals surface area (Å²) in [6.45, 7) is 2.32. The first kappa shape index (κ1) is 22.3. The summed E-state index contributed by atoms with van der Waals surface area (Å²) in [4.78, 5) is 12.6. The number of benzene rings is 3. The minimum atomic E-state index is -2.23. The second-order valence-electron chi connectivity index (χ2n) is 7.36. The average molecular weight is 460 g/mol. The first-order valence-corrected chi connectivity index (χ1v) is 9.79. The van der Waals surface area contributed by atoms with Crippen LogP contribution in [-0.4, -0.2) is 15.8 Å². The van der Waals surface area contributed by atoms with E-state index in [-0.39, 0.29) is 11.4 Å². The van der Waals surface area contributed by atoms with E-state index in [2.05, 4.69) is 15.7 Å². The first-order chi connectivity index (χ1) is 15.7. The smallest absolute Gasteiger partial charge is 0.307 e. The molecule has 0 saturated carbocycles. The van der Waals surface area contributed by atoms with Crippen molar-refractivity contribution in [1.82, 2.24) is 9.78 Å². The molecule has 33 heavy (non-hydrogen) atoms. The summed E-state index contributed by atoms with van der Waals surface area (Å²) in [5.41, 5.74) is 0.351. The lowest BCUT2D eigenvalue weighted by molar-refractivity contribution is 0.262. The van der Waals surface area contributed by atoms with E-state index < -0.39 is 47.2 Å². The van der Waals surface area contributed by atoms with Gasteiger partial charge in [0.2, 0.25) is 5.82 Å². The van der Waals surface area contributed by atoms with Crippen molar-refractivity contribution in [3.8, 4) is 0 Å². The number of nitrogens with zero attached hydrogens (tertiary/aromatic N) is 2. The molecule has 3 aromatic carbocycles. The van der Waals surface area contributed by atoms with E-state index in [0.717, 1.165) is 15.5 Å². The summed E-state index contributed by atoms with van der Waals surface area (Å²) in [5, 5.41) is 11.2. The monoisotopic (exact) mass is 460 g/mol. The number of amides is 2. The highest BCUT2D eigenvalue weighted by Gasteiger charge is 2.27. The maximum atomic E-state index is 14.1. The summed E-state index contributed by atoms with van der Waals surface area (Å²) >= 11 is 0. The second kappa shape index (κ2) is 8.53. The molecule has 170 valence electrons. The van der Waals surface area contributed by atoms with Gasteiger partial charge in [0, 0.05) is 5.39 Å². The van der Waals surface area contributed by atoms with Gasteiger partial charge < -0.3 is 10.6 Å². The van der Waals surface area contributed by atoms with E-state index in [0.29, 0.717) is 11.4 Å². The van der Waals surface area contributed by atoms with E-state index in [9.17, 15) is 26.7 Å². The van der Waals surface area contributed by atoms with Crippen molar-refractivity contribution in [2.45, 2.75) is 20.4 Å². The zero-order valence-electron chi connectivity index (χ0n) is 17.4. The number of anilines is 2. The van der Waals surface area contributed by atoms with Gasteiger partial charge in [0.15, 0.2) is 23.3 Å². The number of aromatic nitrogens is 2. The molecular formula is C23H17F5N4O. The summed E-state index contributed by atoms with van der Waals surface area (Å²) in [6, 6.07) is 12.3. The number of aryl methyl sites for hydroxylation is 1. The normalized spacial score (nSPS) is 11.1. The number of hydrogen-bond acceptors (Lipinski definition) is 2. The summed E-state index contributed by atoms with van der Waals surface area (Å²) < 4.78 is 69.5. The molecule has 0 saturated heterocycles. The minimum Gasteiger partial charge on any atom is -0.307 e. The maximum Gasteiger partial charge on any atom is 0.323 e. The van der Waals surface area contributed by atoms with Crippen molar-refractivity contribution in [3.05, 3.63) is 88.5 Å². The Balaban J connectivity index is 1.59. The van der Waals surface area contributed by atoms with Gasteiger partial charge in [0.25, 0.3) is 0 Å². The van der Waals surface area contributed by atoms with Crippen molar-refractivity contribution >= 4 is 28.2 Å². The number of fused-ring (bicyclic) bond motifs is 1. The summed E-state index contributed by atoms with van der Waals surface area (Å²) in [7, 11) is 0. The predicted octanol–water partition coefficient (Wildman–Crippen LogP) is 6.04. The third kappa shape index (κ3) is 3.99. The quantitative estimate of drug-likeness (QED) is 0.222. The first-order valence-electron chi connectivity index (χ1n) is 9.79. The fourth-order valence-electron chi connectivity index (χ4n) is 3.57. The van der Waals surface area contributed by atoms with Crippen molar-refractivity contribution in [1.29, 1.82) is 0 Å². The molecule has 5 nitrogen and oxygen atoms in total. The highest BCUT2D eigenvalue weighted by molar-refractivity contribution is 6.06. The van der Waals surface area contributed by atoms with Crippen molar-refractivity contribution in [3.63, 3.8) is 0 Å². The van der Waals surface area contributed by atoms with Gasteiger partial charge >= 0.3 is 6.03 Å². The average Bonchev–Trinajstić information content (AvgIpc) is 3.06. The molecule has 0 radical (unpaired) electrons. The Kier molecular flexibility index (Phi) is 5.75. The van der Waals surface area contributed by atoms with E-state index in [1.54, 1.807) is 12.1 Å². The van der Waals surface area contributed by atoms with Gasteiger partial charge in [0.1, 0.15) is 0 Å². The maximum absolute atomic E-state index is 14.1. The number of halogens is 5. The van der Waals surface area contributed by atoms with Crippen molar-refractivity contribution in [2.75, 3.05) is 10.6 Å². The third-order valence-electron chi connectivity index (χ3n) is 5.27. The zero-order valence-corrected chi connectivity index (χ0v) is 17.4. The molecule has 0 aliphatic heterocycles. The molecule has 4 aromatic rings. The fourth-order valence-corrected chi connectivity index (χ4v) is 3.57. The van der Waals surface area contributed by atoms with Gasteiger partial charge in [-0.15, -0.1) is 0 Å². The van der Waals surface area contributed by atoms with Crippen LogP contribution in [0.3, 0.4) is 0 Å². The number of urea groups is 1. The zero-order chi connectivity index (χ0) is 23.9. The van der Waals surface area contributed by atoms with Crippen LogP contribution in [0.1, 0.15) is 17.0 Å². The number of carbonyl (C=O) groups is 1. The Morgan fingerprint density at radius 1 is 0.848 bits per heavy atom. The number of carbonyl (C=O) groups excluding carboxylic acids is 1. The largest absolute Gasteiger partial charge is 0.323 e. The van der Waals surface area contributed by atoms with Gasteiger partial charge in [-0.3, -0.25) is 4.68 Å². The topological polar surface area (TPSA) is 59.0 Å². The fraction of sp³-hybridized carbons (Fsp3) is 0.130. The second-order valence-corrected chi connectivity index (χ2v) is 7.36. The van der Waals surface area contributed by atoms with Gasteiger partial charge in [0.05, 0.1) is 34.9 Å². The van der Waals surface area contributed by atoms with Crippen LogP contribution in [-0.2, 0) is 6.54 Å². The van der Waals surface area contributed by atoms with E-state index in [1.165, 1.54) is 13.8 Å². The van der Waals surface area contributed by atoms with E-state index >= 15 is 0 Å². The number of nitrogens with one attached hydrogen (secondary N) is 2. The molecule has 2 N–H and O–H groups in total. The molecule has 4 rings (SSSR count). The van der Waals surface area contributed by atoms with E-state index in [4.69, 9.17) is 0 Å². The lowest BCUT2D eigenvalue weighted by Gasteiger charge is -2.11. The third-order valence-corrected chi connectivity index (χ3v) is 5.27. The molecule has 0 bridgehead atoms. The van der Waals surface area contributed by atoms with Gasteiger partial charge in [-0.05, 0) is 25.3 Å². The van der Waals surface area contributed by atoms with Crippen LogP contribution in [0.2, 0.25) is 0 Å². The minimum absolute atomic E-state index is 0.247. The SMILES string of the molecule is Cc1nn(Cc2c(F)c(F)c(F)c(F)c2F)c(C)c1NC(=O)Nc1cccc2ccccc12. The summed E-state index contributed by atoms with van der Waals surface area (Å²) in [5.74, 6) is -10.1. The van der Waals surface area contributed by atoms with Gasteiger partial charge in [-0.1, -0.05) is 36.4 Å². The van der Waals surface area contributed by atoms with Crippen LogP contribution >= 0.6 is 0 Å². The molecule has 0 atom stereocenters. The molecule has 0 aliphatic rings. The van der Waals surface area contributed by atoms with Crippen LogP contribution in [0.5, 0.6) is 0 Å². The van der Waals surface area contributed by atoms with Crippen LogP contribution in [0.15, 0.2) is 42.5 Å². The number of rotatable bonds is 4. The molecule has 1 aromatic heterocycles. The molecule has 0 unspecified atom stereocenters. The molecular weight excluding hydrogens is 443 g/mol. The van der Waals surface area contributed by atoms with Crippen LogP contribution in [0, 0.1) is 42.9 Å². The van der Waals surface area contributed by atoms with Crippen molar-refractivity contribution < 1.29 is 26.7 Å². The lowest BCUT2D eigenvalue weighted by Crippen LogP contribution is -2.20. The highest BCUT2D eigenvalue weighted by Crippen LogP contribution is 2.27. The van der Waals surface area contributed by atoms with Crippen LogP contribution in [0.25, 0.3) is 10.8 Å². The standard InChI is InChI=1S/C23H17F5N4O/c1-11-22(30-23(33)29-16-9-5-7-13-6-3-4-8-14(13)16)12(2)32(31-11)10-15-17(24)19(26)21(28)20(27)18(15)25/h3-9H,10H2,1-2H3,(H2,29,30,33).